The Morgan fingerprint density at radius 2 is 1.50 bits per heavy atom. The van der Waals surface area contributed by atoms with E-state index in [1.807, 2.05) is 37.3 Å². The molecule has 0 saturated heterocycles. The zero-order valence-corrected chi connectivity index (χ0v) is 31.5. The van der Waals surface area contributed by atoms with E-state index in [2.05, 4.69) is 46.0 Å². The molecule has 2 aromatic carbocycles. The number of carbonyl (C=O) groups is 3. The van der Waals surface area contributed by atoms with Gasteiger partial charge in [0.1, 0.15) is 6.61 Å². The second-order valence-corrected chi connectivity index (χ2v) is 14.2. The van der Waals surface area contributed by atoms with Gasteiger partial charge in [-0.15, -0.1) is 0 Å². The minimum atomic E-state index is -3.80. The van der Waals surface area contributed by atoms with Crippen molar-refractivity contribution in [3.8, 4) is 16.9 Å². The third-order valence-electron chi connectivity index (χ3n) is 7.91. The largest absolute Gasteiger partial charge is 0.379 e. The Hall–Kier alpha value is -4.06. The van der Waals surface area contributed by atoms with Gasteiger partial charge < -0.3 is 21.3 Å². The highest BCUT2D eigenvalue weighted by Gasteiger charge is 2.14. The molecule has 0 spiro atoms. The number of aromatic nitrogens is 2. The van der Waals surface area contributed by atoms with Crippen molar-refractivity contribution in [2.75, 3.05) is 45.0 Å². The number of unbranched alkanes of at least 4 members (excludes halogenated alkanes) is 4. The van der Waals surface area contributed by atoms with Crippen LogP contribution in [0.2, 0.25) is 0 Å². The molecule has 1 aromatic heterocycles. The molecular weight excluding hydrogens is 705 g/mol. The molecule has 0 aliphatic heterocycles. The van der Waals surface area contributed by atoms with Gasteiger partial charge in [-0.25, -0.2) is 23.7 Å². The standard InChI is InChI=1S/C36H52N8O6S2/c1-27-10-12-29(13-11-27)34-21-30(43-44(34)31-14-16-33(17-15-31)52(37,48)49)25-50-42-20-8-4-7-19-38-18-6-3-5-9-32(45)23-41-35(46)24-39-28(2)22-40-36(47)26-51/h10-17,21,38-39,42,51H,2-9,18-20,22-26H2,1H3,(H,40,47)(H,41,46)(H2,37,48,49). The first-order chi connectivity index (χ1) is 25.0. The fraction of sp³-hybridized carbons (Fsp3) is 0.444. The Morgan fingerprint density at radius 1 is 0.846 bits per heavy atom. The summed E-state index contributed by atoms with van der Waals surface area (Å²) in [5, 5.41) is 21.4. The summed E-state index contributed by atoms with van der Waals surface area (Å²) in [6.07, 6.45) is 6.17. The van der Waals surface area contributed by atoms with E-state index in [-0.39, 0.29) is 54.5 Å². The molecular formula is C36H52N8O6S2. The first-order valence-electron chi connectivity index (χ1n) is 17.4. The summed E-state index contributed by atoms with van der Waals surface area (Å²) in [5.41, 5.74) is 7.91. The number of hydrogen-bond donors (Lipinski definition) is 7. The normalized spacial score (nSPS) is 11.3. The number of carbonyl (C=O) groups excluding carboxylic acids is 3. The summed E-state index contributed by atoms with van der Waals surface area (Å²) in [7, 11) is -3.80. The average Bonchev–Trinajstić information content (AvgIpc) is 3.56. The third-order valence-corrected chi connectivity index (χ3v) is 9.12. The number of nitrogens with zero attached hydrogens (tertiary/aromatic N) is 2. The highest BCUT2D eigenvalue weighted by atomic mass is 32.2. The van der Waals surface area contributed by atoms with Gasteiger partial charge >= 0.3 is 0 Å². The number of thiol groups is 1. The van der Waals surface area contributed by atoms with Crippen LogP contribution in [0.25, 0.3) is 16.9 Å². The number of primary sulfonamides is 1. The van der Waals surface area contributed by atoms with Crippen LogP contribution in [0.3, 0.4) is 0 Å². The predicted octanol–water partition coefficient (Wildman–Crippen LogP) is 2.67. The maximum absolute atomic E-state index is 12.1. The molecule has 0 unspecified atom stereocenters. The molecule has 52 heavy (non-hydrogen) atoms. The van der Waals surface area contributed by atoms with E-state index < -0.39 is 10.0 Å². The van der Waals surface area contributed by atoms with Crippen molar-refractivity contribution in [2.24, 2.45) is 5.14 Å². The smallest absolute Gasteiger partial charge is 0.239 e. The Balaban J connectivity index is 1.22. The summed E-state index contributed by atoms with van der Waals surface area (Å²) in [4.78, 5) is 40.9. The summed E-state index contributed by atoms with van der Waals surface area (Å²) in [5.74, 6) is -0.463. The minimum Gasteiger partial charge on any atom is -0.379 e. The van der Waals surface area contributed by atoms with Crippen LogP contribution in [-0.2, 0) is 35.9 Å². The van der Waals surface area contributed by atoms with Gasteiger partial charge in [0.25, 0.3) is 0 Å². The van der Waals surface area contributed by atoms with Gasteiger partial charge in [0, 0.05) is 24.2 Å². The van der Waals surface area contributed by atoms with E-state index in [1.165, 1.54) is 12.1 Å². The third kappa shape index (κ3) is 16.1. The van der Waals surface area contributed by atoms with Crippen LogP contribution >= 0.6 is 12.6 Å². The van der Waals surface area contributed by atoms with Gasteiger partial charge in [-0.3, -0.25) is 19.2 Å². The maximum Gasteiger partial charge on any atom is 0.239 e. The van der Waals surface area contributed by atoms with E-state index in [1.54, 1.807) is 16.8 Å². The summed E-state index contributed by atoms with van der Waals surface area (Å²) >= 11 is 3.87. The number of ketones is 1. The van der Waals surface area contributed by atoms with Gasteiger partial charge in [-0.1, -0.05) is 49.2 Å². The molecule has 0 saturated carbocycles. The van der Waals surface area contributed by atoms with Crippen LogP contribution in [0.1, 0.15) is 56.2 Å². The van der Waals surface area contributed by atoms with Crippen LogP contribution in [0.4, 0.5) is 0 Å². The molecule has 0 aliphatic rings. The van der Waals surface area contributed by atoms with E-state index >= 15 is 0 Å². The van der Waals surface area contributed by atoms with Crippen LogP contribution in [0.5, 0.6) is 0 Å². The molecule has 7 N–H and O–H groups in total. The first kappa shape index (κ1) is 42.4. The van der Waals surface area contributed by atoms with Gasteiger partial charge in [0.05, 0.1) is 47.4 Å². The zero-order valence-electron chi connectivity index (χ0n) is 29.8. The second-order valence-electron chi connectivity index (χ2n) is 12.3. The highest BCUT2D eigenvalue weighted by Crippen LogP contribution is 2.25. The first-order valence-corrected chi connectivity index (χ1v) is 19.6. The Labute approximate surface area is 312 Å². The number of hydroxylamine groups is 1. The molecule has 3 rings (SSSR count). The van der Waals surface area contributed by atoms with Crippen molar-refractivity contribution in [2.45, 2.75) is 63.4 Å². The fourth-order valence-corrected chi connectivity index (χ4v) is 5.60. The molecule has 0 fully saturated rings. The van der Waals surface area contributed by atoms with Crippen molar-refractivity contribution >= 4 is 40.2 Å². The van der Waals surface area contributed by atoms with Gasteiger partial charge in [-0.05, 0) is 76.0 Å². The molecule has 0 bridgehead atoms. The lowest BCUT2D eigenvalue weighted by atomic mass is 10.1. The van der Waals surface area contributed by atoms with Crippen molar-refractivity contribution in [1.29, 1.82) is 0 Å². The number of aryl methyl sites for hydroxylation is 1. The quantitative estimate of drug-likeness (QED) is 0.0363. The number of nitrogens with one attached hydrogen (secondary N) is 5. The van der Waals surface area contributed by atoms with Crippen molar-refractivity contribution in [3.63, 3.8) is 0 Å². The Bertz CT molecular complexity index is 1700. The lowest BCUT2D eigenvalue weighted by molar-refractivity contribution is -0.124. The summed E-state index contributed by atoms with van der Waals surface area (Å²) < 4.78 is 25.2. The zero-order chi connectivity index (χ0) is 37.8. The minimum absolute atomic E-state index is 0.00300. The fourth-order valence-electron chi connectivity index (χ4n) is 4.98. The van der Waals surface area contributed by atoms with Crippen LogP contribution in [0, 0.1) is 6.92 Å². The monoisotopic (exact) mass is 756 g/mol. The number of sulfonamides is 1. The number of benzene rings is 2. The molecule has 0 radical (unpaired) electrons. The number of nitrogens with two attached hydrogens (primary N) is 1. The van der Waals surface area contributed by atoms with Gasteiger partial charge in [0.15, 0.2) is 5.78 Å². The number of Topliss-reactive ketones (excluding diaryl/α,β-unsaturated/α-hetero) is 1. The van der Waals surface area contributed by atoms with Crippen molar-refractivity contribution < 1.29 is 27.6 Å². The Morgan fingerprint density at radius 3 is 2.17 bits per heavy atom. The number of amides is 2. The lowest BCUT2D eigenvalue weighted by Gasteiger charge is -2.10. The molecule has 2 amide bonds. The van der Waals surface area contributed by atoms with E-state index in [0.29, 0.717) is 24.4 Å². The predicted molar refractivity (Wildman–Crippen MR) is 205 cm³/mol. The topological polar surface area (TPSA) is 199 Å². The Kier molecular flexibility index (Phi) is 18.6. The maximum atomic E-state index is 12.1. The molecule has 284 valence electrons. The van der Waals surface area contributed by atoms with E-state index in [4.69, 9.17) is 15.1 Å². The van der Waals surface area contributed by atoms with E-state index in [0.717, 1.165) is 74.1 Å². The summed E-state index contributed by atoms with van der Waals surface area (Å²) in [6.45, 7) is 8.73. The summed E-state index contributed by atoms with van der Waals surface area (Å²) in [6, 6.07) is 16.3. The second kappa shape index (κ2) is 22.8. The molecule has 3 aromatic rings. The molecule has 16 heteroatoms. The van der Waals surface area contributed by atoms with Crippen LogP contribution in [-0.4, -0.2) is 80.8 Å². The van der Waals surface area contributed by atoms with Crippen LogP contribution in [0.15, 0.2) is 71.8 Å². The SMILES string of the molecule is C=C(CNC(=O)CS)NCC(=O)NCC(=O)CCCCCNCCCCCNOCc1cc(-c2ccc(C)cc2)n(-c2ccc(S(N)(=O)=O)cc2)n1. The number of hydrogen-bond acceptors (Lipinski definition) is 11. The van der Waals surface area contributed by atoms with Gasteiger partial charge in [-0.2, -0.15) is 17.7 Å². The number of rotatable bonds is 26. The molecule has 0 aliphatic carbocycles. The lowest BCUT2D eigenvalue weighted by Crippen LogP contribution is -2.38. The highest BCUT2D eigenvalue weighted by molar-refractivity contribution is 7.89. The van der Waals surface area contributed by atoms with Crippen molar-refractivity contribution in [3.05, 3.63) is 78.1 Å². The van der Waals surface area contributed by atoms with Crippen LogP contribution < -0.4 is 31.9 Å². The average molecular weight is 757 g/mol. The molecule has 14 nitrogen and oxygen atoms in total. The molecule has 1 heterocycles. The van der Waals surface area contributed by atoms with E-state index in [9.17, 15) is 22.8 Å². The van der Waals surface area contributed by atoms with Crippen molar-refractivity contribution in [1.82, 2.24) is 36.5 Å². The van der Waals surface area contributed by atoms with Gasteiger partial charge in [0.2, 0.25) is 21.8 Å². The molecule has 0 atom stereocenters.